The third-order valence-corrected chi connectivity index (χ3v) is 3.50. The Kier molecular flexibility index (Phi) is 4.66. The molecule has 0 saturated carbocycles. The number of benzene rings is 2. The van der Waals surface area contributed by atoms with E-state index >= 15 is 0 Å². The number of amidine groups is 1. The van der Waals surface area contributed by atoms with Crippen LogP contribution in [0, 0.1) is 8.98 Å². The zero-order valence-electron chi connectivity index (χ0n) is 9.99. The standard InChI is InChI=1S/C14H12ClIN2O/c15-10-3-6-12(14(17)18)13(7-10)19-8-9-1-4-11(16)5-2-9/h1-7H,8H2,(H3,17,18). The molecular weight excluding hydrogens is 375 g/mol. The van der Waals surface area contributed by atoms with E-state index in [0.29, 0.717) is 22.9 Å². The Morgan fingerprint density at radius 3 is 2.53 bits per heavy atom. The second-order valence-electron chi connectivity index (χ2n) is 3.97. The molecule has 0 aromatic heterocycles. The van der Waals surface area contributed by atoms with Crippen molar-refractivity contribution in [3.05, 3.63) is 62.2 Å². The molecule has 2 rings (SSSR count). The van der Waals surface area contributed by atoms with E-state index in [9.17, 15) is 0 Å². The Hall–Kier alpha value is -1.27. The van der Waals surface area contributed by atoms with Crippen LogP contribution < -0.4 is 10.5 Å². The van der Waals surface area contributed by atoms with E-state index in [1.165, 1.54) is 3.57 Å². The Labute approximate surface area is 130 Å². The zero-order valence-corrected chi connectivity index (χ0v) is 12.9. The molecule has 0 aliphatic heterocycles. The van der Waals surface area contributed by atoms with Gasteiger partial charge in [0.05, 0.1) is 5.56 Å². The lowest BCUT2D eigenvalue weighted by molar-refractivity contribution is 0.305. The molecule has 2 aromatic carbocycles. The van der Waals surface area contributed by atoms with E-state index in [4.69, 9.17) is 27.5 Å². The summed E-state index contributed by atoms with van der Waals surface area (Å²) in [6.45, 7) is 0.414. The summed E-state index contributed by atoms with van der Waals surface area (Å²) in [5, 5.41) is 8.07. The molecule has 0 spiro atoms. The van der Waals surface area contributed by atoms with Gasteiger partial charge in [-0.05, 0) is 58.5 Å². The van der Waals surface area contributed by atoms with Gasteiger partial charge in [0.25, 0.3) is 0 Å². The summed E-state index contributed by atoms with van der Waals surface area (Å²) >= 11 is 8.18. The highest BCUT2D eigenvalue weighted by atomic mass is 127. The summed E-state index contributed by atoms with van der Waals surface area (Å²) in [7, 11) is 0. The molecule has 2 aromatic rings. The van der Waals surface area contributed by atoms with Gasteiger partial charge in [0.1, 0.15) is 18.2 Å². The number of rotatable bonds is 4. The van der Waals surface area contributed by atoms with Crippen LogP contribution in [0.3, 0.4) is 0 Å². The zero-order chi connectivity index (χ0) is 13.8. The molecule has 0 aliphatic carbocycles. The normalized spacial score (nSPS) is 10.2. The average molecular weight is 387 g/mol. The molecule has 3 nitrogen and oxygen atoms in total. The summed E-state index contributed by atoms with van der Waals surface area (Å²) in [6, 6.07) is 13.1. The van der Waals surface area contributed by atoms with E-state index < -0.39 is 0 Å². The summed E-state index contributed by atoms with van der Waals surface area (Å²) in [4.78, 5) is 0. The summed E-state index contributed by atoms with van der Waals surface area (Å²) in [5.74, 6) is 0.493. The molecule has 0 unspecified atom stereocenters. The number of nitrogen functional groups attached to an aromatic ring is 1. The predicted molar refractivity (Wildman–Crippen MR) is 86.0 cm³/mol. The second kappa shape index (κ2) is 6.25. The van der Waals surface area contributed by atoms with Crippen LogP contribution in [-0.4, -0.2) is 5.84 Å². The number of halogens is 2. The fraction of sp³-hybridized carbons (Fsp3) is 0.0714. The van der Waals surface area contributed by atoms with Gasteiger partial charge in [-0.3, -0.25) is 5.41 Å². The molecule has 19 heavy (non-hydrogen) atoms. The highest BCUT2D eigenvalue weighted by Gasteiger charge is 2.07. The van der Waals surface area contributed by atoms with Gasteiger partial charge < -0.3 is 10.5 Å². The number of nitrogens with two attached hydrogens (primary N) is 1. The summed E-state index contributed by atoms with van der Waals surface area (Å²) in [5.41, 5.74) is 7.11. The van der Waals surface area contributed by atoms with E-state index in [0.717, 1.165) is 5.56 Å². The van der Waals surface area contributed by atoms with Crippen LogP contribution in [0.2, 0.25) is 5.02 Å². The van der Waals surface area contributed by atoms with E-state index in [-0.39, 0.29) is 5.84 Å². The monoisotopic (exact) mass is 386 g/mol. The smallest absolute Gasteiger partial charge is 0.132 e. The summed E-state index contributed by atoms with van der Waals surface area (Å²) < 4.78 is 6.87. The molecule has 0 radical (unpaired) electrons. The van der Waals surface area contributed by atoms with Gasteiger partial charge >= 0.3 is 0 Å². The van der Waals surface area contributed by atoms with E-state index in [1.807, 2.05) is 24.3 Å². The minimum Gasteiger partial charge on any atom is -0.488 e. The van der Waals surface area contributed by atoms with E-state index in [2.05, 4.69) is 22.6 Å². The highest BCUT2D eigenvalue weighted by Crippen LogP contribution is 2.24. The van der Waals surface area contributed by atoms with Crippen LogP contribution in [0.15, 0.2) is 42.5 Å². The lowest BCUT2D eigenvalue weighted by Gasteiger charge is -2.11. The Morgan fingerprint density at radius 2 is 1.89 bits per heavy atom. The molecule has 0 fully saturated rings. The number of hydrogen-bond donors (Lipinski definition) is 2. The van der Waals surface area contributed by atoms with Crippen LogP contribution in [0.25, 0.3) is 0 Å². The fourth-order valence-electron chi connectivity index (χ4n) is 1.58. The van der Waals surface area contributed by atoms with Crippen LogP contribution in [0.5, 0.6) is 5.75 Å². The van der Waals surface area contributed by atoms with Crippen molar-refractivity contribution in [2.45, 2.75) is 6.61 Å². The maximum Gasteiger partial charge on any atom is 0.132 e. The van der Waals surface area contributed by atoms with Crippen molar-refractivity contribution in [3.63, 3.8) is 0 Å². The van der Waals surface area contributed by atoms with Crippen LogP contribution >= 0.6 is 34.2 Å². The fourth-order valence-corrected chi connectivity index (χ4v) is 2.10. The van der Waals surface area contributed by atoms with Crippen molar-refractivity contribution in [3.8, 4) is 5.75 Å². The predicted octanol–water partition coefficient (Wildman–Crippen LogP) is 3.81. The van der Waals surface area contributed by atoms with Gasteiger partial charge in [-0.15, -0.1) is 0 Å². The lowest BCUT2D eigenvalue weighted by atomic mass is 10.2. The second-order valence-corrected chi connectivity index (χ2v) is 5.65. The average Bonchev–Trinajstić information content (AvgIpc) is 2.38. The van der Waals surface area contributed by atoms with Crippen LogP contribution in [0.1, 0.15) is 11.1 Å². The molecule has 0 atom stereocenters. The van der Waals surface area contributed by atoms with Crippen molar-refractivity contribution in [2.75, 3.05) is 0 Å². The van der Waals surface area contributed by atoms with Crippen molar-refractivity contribution in [1.29, 1.82) is 5.41 Å². The first-order valence-electron chi connectivity index (χ1n) is 5.57. The topological polar surface area (TPSA) is 59.1 Å². The molecule has 3 N–H and O–H groups in total. The number of nitrogens with one attached hydrogen (secondary N) is 1. The Balaban J connectivity index is 2.16. The first-order valence-corrected chi connectivity index (χ1v) is 7.03. The van der Waals surface area contributed by atoms with Crippen molar-refractivity contribution in [1.82, 2.24) is 0 Å². The Morgan fingerprint density at radius 1 is 1.21 bits per heavy atom. The third kappa shape index (κ3) is 3.84. The SMILES string of the molecule is N=C(N)c1ccc(Cl)cc1OCc1ccc(I)cc1. The van der Waals surface area contributed by atoms with Gasteiger partial charge in [0.2, 0.25) is 0 Å². The van der Waals surface area contributed by atoms with Gasteiger partial charge in [-0.2, -0.15) is 0 Å². The highest BCUT2D eigenvalue weighted by molar-refractivity contribution is 14.1. The van der Waals surface area contributed by atoms with Gasteiger partial charge in [-0.1, -0.05) is 23.7 Å². The van der Waals surface area contributed by atoms with Gasteiger partial charge in [0, 0.05) is 8.59 Å². The Bertz CT molecular complexity index is 599. The van der Waals surface area contributed by atoms with Crippen LogP contribution in [-0.2, 0) is 6.61 Å². The molecule has 0 aliphatic rings. The number of hydrogen-bond acceptors (Lipinski definition) is 2. The van der Waals surface area contributed by atoms with Crippen molar-refractivity contribution < 1.29 is 4.74 Å². The third-order valence-electron chi connectivity index (χ3n) is 2.54. The molecular formula is C14H12ClIN2O. The first kappa shape index (κ1) is 14.1. The van der Waals surface area contributed by atoms with Crippen molar-refractivity contribution in [2.24, 2.45) is 5.73 Å². The minimum absolute atomic E-state index is 0.0331. The minimum atomic E-state index is -0.0331. The summed E-state index contributed by atoms with van der Waals surface area (Å²) in [6.07, 6.45) is 0. The molecule has 0 amide bonds. The van der Waals surface area contributed by atoms with Gasteiger partial charge in [0.15, 0.2) is 0 Å². The van der Waals surface area contributed by atoms with Crippen LogP contribution in [0.4, 0.5) is 0 Å². The largest absolute Gasteiger partial charge is 0.488 e. The van der Waals surface area contributed by atoms with Crippen molar-refractivity contribution >= 4 is 40.0 Å². The number of ether oxygens (including phenoxy) is 1. The lowest BCUT2D eigenvalue weighted by Crippen LogP contribution is -2.13. The first-order chi connectivity index (χ1) is 9.06. The molecule has 98 valence electrons. The van der Waals surface area contributed by atoms with Gasteiger partial charge in [-0.25, -0.2) is 0 Å². The maximum atomic E-state index is 7.51. The maximum absolute atomic E-state index is 7.51. The molecule has 5 heteroatoms. The molecule has 0 heterocycles. The molecule has 0 bridgehead atoms. The quantitative estimate of drug-likeness (QED) is 0.477. The molecule has 0 saturated heterocycles. The van der Waals surface area contributed by atoms with E-state index in [1.54, 1.807) is 18.2 Å².